The first kappa shape index (κ1) is 17.7. The minimum Gasteiger partial charge on any atom is -0.463 e. The molecule has 0 saturated heterocycles. The first-order valence-electron chi connectivity index (χ1n) is 9.78. The summed E-state index contributed by atoms with van der Waals surface area (Å²) in [6, 6.07) is 14.0. The van der Waals surface area contributed by atoms with Crippen molar-refractivity contribution >= 4 is 16.9 Å². The van der Waals surface area contributed by atoms with Crippen LogP contribution in [0.15, 0.2) is 53.1 Å². The molecule has 1 aliphatic rings. The highest BCUT2D eigenvalue weighted by molar-refractivity contribution is 6.07. The molecule has 1 amide bonds. The monoisotopic (exact) mass is 386 g/mol. The fourth-order valence-corrected chi connectivity index (χ4v) is 4.43. The number of amides is 1. The van der Waals surface area contributed by atoms with Gasteiger partial charge in [-0.3, -0.25) is 9.48 Å². The van der Waals surface area contributed by atoms with E-state index in [9.17, 15) is 4.79 Å². The number of rotatable bonds is 3. The molecule has 146 valence electrons. The number of carbonyl (C=O) groups is 1. The molecule has 6 nitrogen and oxygen atoms in total. The van der Waals surface area contributed by atoms with Gasteiger partial charge in [-0.25, -0.2) is 4.98 Å². The Balaban J connectivity index is 1.63. The van der Waals surface area contributed by atoms with E-state index in [4.69, 9.17) is 9.40 Å². The van der Waals surface area contributed by atoms with Crippen molar-refractivity contribution in [3.05, 3.63) is 71.1 Å². The fraction of sp³-hybridized carbons (Fsp3) is 0.261. The van der Waals surface area contributed by atoms with Crippen molar-refractivity contribution in [2.24, 2.45) is 7.05 Å². The molecule has 0 spiro atoms. The molecule has 3 aromatic heterocycles. The molecular weight excluding hydrogens is 364 g/mol. The second-order valence-corrected chi connectivity index (χ2v) is 7.61. The van der Waals surface area contributed by atoms with Crippen LogP contribution in [0.1, 0.15) is 39.6 Å². The maximum absolute atomic E-state index is 13.7. The van der Waals surface area contributed by atoms with E-state index in [1.54, 1.807) is 10.9 Å². The molecule has 4 aromatic rings. The van der Waals surface area contributed by atoms with Gasteiger partial charge in [0.25, 0.3) is 5.91 Å². The third-order valence-corrected chi connectivity index (χ3v) is 5.86. The fourth-order valence-electron chi connectivity index (χ4n) is 4.43. The maximum Gasteiger partial charge on any atom is 0.255 e. The van der Waals surface area contributed by atoms with Crippen molar-refractivity contribution in [2.45, 2.75) is 25.8 Å². The van der Waals surface area contributed by atoms with E-state index in [1.807, 2.05) is 50.2 Å². The first-order chi connectivity index (χ1) is 14.0. The number of benzene rings is 1. The molecule has 6 heteroatoms. The van der Waals surface area contributed by atoms with Gasteiger partial charge in [-0.15, -0.1) is 0 Å². The Hall–Kier alpha value is -3.41. The molecule has 0 saturated carbocycles. The molecule has 1 atom stereocenters. The molecule has 1 aromatic carbocycles. The van der Waals surface area contributed by atoms with Crippen LogP contribution in [-0.4, -0.2) is 32.6 Å². The van der Waals surface area contributed by atoms with E-state index < -0.39 is 0 Å². The average Bonchev–Trinajstić information content (AvgIpc) is 3.46. The molecule has 0 radical (unpaired) electrons. The number of aryl methyl sites for hydroxylation is 3. The smallest absolute Gasteiger partial charge is 0.255 e. The second-order valence-electron chi connectivity index (χ2n) is 7.61. The van der Waals surface area contributed by atoms with Gasteiger partial charge in [-0.2, -0.15) is 5.10 Å². The van der Waals surface area contributed by atoms with E-state index in [0.29, 0.717) is 22.7 Å². The van der Waals surface area contributed by atoms with E-state index in [-0.39, 0.29) is 11.9 Å². The number of hydrogen-bond donors (Lipinski definition) is 0. The van der Waals surface area contributed by atoms with Gasteiger partial charge in [0.15, 0.2) is 11.4 Å². The van der Waals surface area contributed by atoms with Gasteiger partial charge < -0.3 is 9.32 Å². The van der Waals surface area contributed by atoms with Gasteiger partial charge in [-0.05, 0) is 49.1 Å². The van der Waals surface area contributed by atoms with Crippen LogP contribution >= 0.6 is 0 Å². The van der Waals surface area contributed by atoms with E-state index >= 15 is 0 Å². The lowest BCUT2D eigenvalue weighted by Gasteiger charge is -2.26. The van der Waals surface area contributed by atoms with Crippen LogP contribution in [0, 0.1) is 6.92 Å². The van der Waals surface area contributed by atoms with Gasteiger partial charge >= 0.3 is 0 Å². The zero-order chi connectivity index (χ0) is 20.1. The van der Waals surface area contributed by atoms with Crippen molar-refractivity contribution in [1.29, 1.82) is 0 Å². The Kier molecular flexibility index (Phi) is 4.01. The molecule has 0 aliphatic heterocycles. The minimum absolute atomic E-state index is 0.0250. The van der Waals surface area contributed by atoms with Gasteiger partial charge in [0, 0.05) is 14.1 Å². The van der Waals surface area contributed by atoms with Gasteiger partial charge in [0.1, 0.15) is 5.69 Å². The van der Waals surface area contributed by atoms with E-state index in [2.05, 4.69) is 23.3 Å². The highest BCUT2D eigenvalue weighted by atomic mass is 16.3. The Labute approximate surface area is 168 Å². The van der Waals surface area contributed by atoms with E-state index in [1.165, 1.54) is 11.1 Å². The molecule has 3 heterocycles. The standard InChI is InChI=1S/C23H22N4O2/c1-14-21-17(13-18(20-9-6-12-29-20)24-22(21)27(3)25-14)23(28)26(2)19-11-10-15-7-4-5-8-16(15)19/h4-9,12-13,19H,10-11H2,1-3H3. The van der Waals surface area contributed by atoms with Crippen molar-refractivity contribution in [3.8, 4) is 11.5 Å². The van der Waals surface area contributed by atoms with Crippen LogP contribution in [0.4, 0.5) is 0 Å². The van der Waals surface area contributed by atoms with Crippen LogP contribution in [-0.2, 0) is 13.5 Å². The first-order valence-corrected chi connectivity index (χ1v) is 9.78. The Morgan fingerprint density at radius 2 is 2.07 bits per heavy atom. The summed E-state index contributed by atoms with van der Waals surface area (Å²) >= 11 is 0. The summed E-state index contributed by atoms with van der Waals surface area (Å²) in [6.07, 6.45) is 3.54. The Bertz CT molecular complexity index is 1220. The van der Waals surface area contributed by atoms with Gasteiger partial charge in [0.2, 0.25) is 0 Å². The minimum atomic E-state index is -0.0250. The predicted molar refractivity (Wildman–Crippen MR) is 111 cm³/mol. The van der Waals surface area contributed by atoms with Crippen molar-refractivity contribution in [2.75, 3.05) is 7.05 Å². The summed E-state index contributed by atoms with van der Waals surface area (Å²) in [5.41, 5.74) is 5.28. The summed E-state index contributed by atoms with van der Waals surface area (Å²) in [6.45, 7) is 1.91. The number of hydrogen-bond acceptors (Lipinski definition) is 4. The zero-order valence-corrected chi connectivity index (χ0v) is 16.7. The lowest BCUT2D eigenvalue weighted by molar-refractivity contribution is 0.0732. The molecule has 0 bridgehead atoms. The van der Waals surface area contributed by atoms with Crippen molar-refractivity contribution in [3.63, 3.8) is 0 Å². The molecule has 0 fully saturated rings. The summed E-state index contributed by atoms with van der Waals surface area (Å²) in [5.74, 6) is 0.608. The Morgan fingerprint density at radius 1 is 1.24 bits per heavy atom. The van der Waals surface area contributed by atoms with Crippen molar-refractivity contribution in [1.82, 2.24) is 19.7 Å². The quantitative estimate of drug-likeness (QED) is 0.527. The van der Waals surface area contributed by atoms with Gasteiger partial charge in [0.05, 0.1) is 28.9 Å². The van der Waals surface area contributed by atoms with Crippen LogP contribution in [0.25, 0.3) is 22.5 Å². The number of furan rings is 1. The lowest BCUT2D eigenvalue weighted by atomic mass is 10.0. The number of nitrogens with zero attached hydrogens (tertiary/aromatic N) is 4. The molecule has 1 unspecified atom stereocenters. The Morgan fingerprint density at radius 3 is 2.86 bits per heavy atom. The molecule has 5 rings (SSSR count). The van der Waals surface area contributed by atoms with E-state index in [0.717, 1.165) is 23.9 Å². The second kappa shape index (κ2) is 6.58. The van der Waals surface area contributed by atoms with Crippen molar-refractivity contribution < 1.29 is 9.21 Å². The molecule has 1 aliphatic carbocycles. The number of pyridine rings is 1. The number of aromatic nitrogens is 3. The summed E-state index contributed by atoms with van der Waals surface area (Å²) in [7, 11) is 3.74. The third-order valence-electron chi connectivity index (χ3n) is 5.86. The topological polar surface area (TPSA) is 64.2 Å². The van der Waals surface area contributed by atoms with Crippen LogP contribution in [0.2, 0.25) is 0 Å². The van der Waals surface area contributed by atoms with Crippen LogP contribution in [0.3, 0.4) is 0 Å². The molecule has 29 heavy (non-hydrogen) atoms. The summed E-state index contributed by atoms with van der Waals surface area (Å²) < 4.78 is 7.26. The maximum atomic E-state index is 13.7. The highest BCUT2D eigenvalue weighted by Crippen LogP contribution is 2.36. The number of fused-ring (bicyclic) bond motifs is 2. The normalized spacial score (nSPS) is 15.6. The SMILES string of the molecule is Cc1nn(C)c2nc(-c3ccco3)cc(C(=O)N(C)C3CCc4ccccc43)c12. The third kappa shape index (κ3) is 2.75. The van der Waals surface area contributed by atoms with Crippen LogP contribution in [0.5, 0.6) is 0 Å². The molecule has 0 N–H and O–H groups in total. The number of carbonyl (C=O) groups excluding carboxylic acids is 1. The van der Waals surface area contributed by atoms with Crippen LogP contribution < -0.4 is 0 Å². The predicted octanol–water partition coefficient (Wildman–Crippen LogP) is 4.30. The average molecular weight is 386 g/mol. The summed E-state index contributed by atoms with van der Waals surface area (Å²) in [4.78, 5) is 20.2. The zero-order valence-electron chi connectivity index (χ0n) is 16.7. The van der Waals surface area contributed by atoms with Gasteiger partial charge in [-0.1, -0.05) is 24.3 Å². The highest BCUT2D eigenvalue weighted by Gasteiger charge is 2.31. The lowest BCUT2D eigenvalue weighted by Crippen LogP contribution is -2.30. The summed E-state index contributed by atoms with van der Waals surface area (Å²) in [5, 5.41) is 5.30. The largest absolute Gasteiger partial charge is 0.463 e. The molecular formula is C23H22N4O2.